The van der Waals surface area contributed by atoms with Gasteiger partial charge in [0.15, 0.2) is 0 Å². The maximum Gasteiger partial charge on any atom is 0.308 e. The van der Waals surface area contributed by atoms with Crippen LogP contribution >= 0.6 is 0 Å². The third-order valence-electron chi connectivity index (χ3n) is 7.29. The molecule has 0 saturated heterocycles. The van der Waals surface area contributed by atoms with Crippen LogP contribution in [0.25, 0.3) is 11.1 Å². The van der Waals surface area contributed by atoms with Gasteiger partial charge in [-0.1, -0.05) is 66.7 Å². The van der Waals surface area contributed by atoms with Gasteiger partial charge >= 0.3 is 5.97 Å². The molecular weight excluding hydrogens is 472 g/mol. The molecule has 5 nitrogen and oxygen atoms in total. The summed E-state index contributed by atoms with van der Waals surface area (Å²) in [5, 5.41) is 4.82. The van der Waals surface area contributed by atoms with E-state index in [4.69, 9.17) is 14.6 Å². The quantitative estimate of drug-likeness (QED) is 0.193. The predicted octanol–water partition coefficient (Wildman–Crippen LogP) is 6.97. The Labute approximate surface area is 226 Å². The molecule has 0 spiro atoms. The van der Waals surface area contributed by atoms with Crippen LogP contribution in [0.2, 0.25) is 0 Å². The van der Waals surface area contributed by atoms with Crippen molar-refractivity contribution in [3.63, 3.8) is 0 Å². The van der Waals surface area contributed by atoms with E-state index in [9.17, 15) is 4.79 Å². The molecule has 0 aliphatic rings. The van der Waals surface area contributed by atoms with Crippen LogP contribution in [-0.2, 0) is 28.9 Å². The van der Waals surface area contributed by atoms with E-state index in [-0.39, 0.29) is 11.9 Å². The number of aromatic nitrogens is 2. The van der Waals surface area contributed by atoms with Crippen LogP contribution < -0.4 is 4.74 Å². The Morgan fingerprint density at radius 1 is 0.816 bits per heavy atom. The van der Waals surface area contributed by atoms with Crippen molar-refractivity contribution in [3.05, 3.63) is 107 Å². The van der Waals surface area contributed by atoms with Gasteiger partial charge in [-0.2, -0.15) is 5.10 Å². The molecule has 0 fully saturated rings. The summed E-state index contributed by atoms with van der Waals surface area (Å²) in [6.07, 6.45) is 4.43. The second-order valence-electron chi connectivity index (χ2n) is 9.89. The van der Waals surface area contributed by atoms with Crippen LogP contribution in [0.1, 0.15) is 47.3 Å². The van der Waals surface area contributed by atoms with Crippen molar-refractivity contribution in [3.8, 4) is 16.9 Å². The zero-order valence-corrected chi connectivity index (χ0v) is 22.9. The third kappa shape index (κ3) is 6.91. The van der Waals surface area contributed by atoms with Crippen molar-refractivity contribution in [1.29, 1.82) is 0 Å². The van der Waals surface area contributed by atoms with Crippen molar-refractivity contribution < 1.29 is 14.3 Å². The summed E-state index contributed by atoms with van der Waals surface area (Å²) >= 11 is 0. The SMILES string of the molecule is COC(=O)C(CCCc1ccccc1)CCc1ccc(-c2c(C)nn(Cc3ccc(OC)cc3)c2C)cc1. The van der Waals surface area contributed by atoms with Crippen molar-refractivity contribution >= 4 is 5.97 Å². The van der Waals surface area contributed by atoms with E-state index >= 15 is 0 Å². The zero-order valence-electron chi connectivity index (χ0n) is 22.9. The van der Waals surface area contributed by atoms with Crippen molar-refractivity contribution in [2.45, 2.75) is 52.5 Å². The first-order valence-electron chi connectivity index (χ1n) is 13.4. The number of carbonyl (C=O) groups excluding carboxylic acids is 1. The largest absolute Gasteiger partial charge is 0.497 e. The molecule has 5 heteroatoms. The standard InChI is InChI=1S/C33H38N2O3/c1-24-32(25(2)35(34-24)23-28-16-21-31(37-3)22-17-28)29-18-13-27(14-19-29)15-20-30(33(36)38-4)12-8-11-26-9-6-5-7-10-26/h5-7,9-10,13-14,16-19,21-22,30H,8,11-12,15,20,23H2,1-4H3. The fourth-order valence-corrected chi connectivity index (χ4v) is 5.10. The highest BCUT2D eigenvalue weighted by Crippen LogP contribution is 2.28. The van der Waals surface area contributed by atoms with Crippen LogP contribution in [0.15, 0.2) is 78.9 Å². The molecule has 1 heterocycles. The number of methoxy groups -OCH3 is 2. The minimum absolute atomic E-state index is 0.0796. The lowest BCUT2D eigenvalue weighted by Gasteiger charge is -2.15. The molecule has 1 unspecified atom stereocenters. The zero-order chi connectivity index (χ0) is 26.9. The summed E-state index contributed by atoms with van der Waals surface area (Å²) in [5.74, 6) is 0.669. The summed E-state index contributed by atoms with van der Waals surface area (Å²) in [7, 11) is 3.17. The fourth-order valence-electron chi connectivity index (χ4n) is 5.10. The predicted molar refractivity (Wildman–Crippen MR) is 152 cm³/mol. The lowest BCUT2D eigenvalue weighted by Crippen LogP contribution is -2.17. The molecule has 0 amide bonds. The van der Waals surface area contributed by atoms with Gasteiger partial charge in [0.25, 0.3) is 0 Å². The second-order valence-corrected chi connectivity index (χ2v) is 9.89. The van der Waals surface area contributed by atoms with Gasteiger partial charge in [-0.25, -0.2) is 0 Å². The fraction of sp³-hybridized carbons (Fsp3) is 0.333. The molecule has 198 valence electrons. The number of benzene rings is 3. The van der Waals surface area contributed by atoms with Crippen LogP contribution in [0.3, 0.4) is 0 Å². The lowest BCUT2D eigenvalue weighted by atomic mass is 9.92. The van der Waals surface area contributed by atoms with E-state index in [1.807, 2.05) is 18.2 Å². The van der Waals surface area contributed by atoms with Crippen LogP contribution in [0, 0.1) is 19.8 Å². The highest BCUT2D eigenvalue weighted by atomic mass is 16.5. The Morgan fingerprint density at radius 3 is 2.13 bits per heavy atom. The molecule has 0 saturated carbocycles. The number of aryl methyl sites for hydroxylation is 3. The maximum absolute atomic E-state index is 12.4. The van der Waals surface area contributed by atoms with Gasteiger partial charge in [0, 0.05) is 11.3 Å². The Kier molecular flexibility index (Phi) is 9.36. The monoisotopic (exact) mass is 510 g/mol. The minimum Gasteiger partial charge on any atom is -0.497 e. The molecule has 38 heavy (non-hydrogen) atoms. The van der Waals surface area contributed by atoms with E-state index in [0.29, 0.717) is 6.54 Å². The number of carbonyl (C=O) groups is 1. The van der Waals surface area contributed by atoms with E-state index in [0.717, 1.165) is 54.8 Å². The summed E-state index contributed by atoms with van der Waals surface area (Å²) in [6, 6.07) is 27.2. The molecule has 3 aromatic carbocycles. The lowest BCUT2D eigenvalue weighted by molar-refractivity contribution is -0.145. The Morgan fingerprint density at radius 2 is 1.47 bits per heavy atom. The minimum atomic E-state index is -0.106. The van der Waals surface area contributed by atoms with Crippen molar-refractivity contribution in [2.24, 2.45) is 5.92 Å². The number of hydrogen-bond acceptors (Lipinski definition) is 4. The average Bonchev–Trinajstić information content (AvgIpc) is 3.23. The van der Waals surface area contributed by atoms with Gasteiger partial charge in [-0.3, -0.25) is 9.48 Å². The van der Waals surface area contributed by atoms with E-state index in [1.165, 1.54) is 29.4 Å². The molecule has 4 aromatic rings. The van der Waals surface area contributed by atoms with Gasteiger partial charge in [0.05, 0.1) is 32.4 Å². The third-order valence-corrected chi connectivity index (χ3v) is 7.29. The number of hydrogen-bond donors (Lipinski definition) is 0. The average molecular weight is 511 g/mol. The van der Waals surface area contributed by atoms with Gasteiger partial charge in [-0.15, -0.1) is 0 Å². The Hall–Kier alpha value is -3.86. The molecule has 0 aliphatic heterocycles. The number of rotatable bonds is 12. The summed E-state index contributed by atoms with van der Waals surface area (Å²) in [5.41, 5.74) is 8.23. The Balaban J connectivity index is 1.38. The second kappa shape index (κ2) is 13.1. The summed E-state index contributed by atoms with van der Waals surface area (Å²) in [4.78, 5) is 12.4. The van der Waals surface area contributed by atoms with Gasteiger partial charge in [-0.05, 0) is 80.3 Å². The molecule has 0 N–H and O–H groups in total. The highest BCUT2D eigenvalue weighted by Gasteiger charge is 2.19. The summed E-state index contributed by atoms with van der Waals surface area (Å²) in [6.45, 7) is 4.91. The van der Waals surface area contributed by atoms with E-state index < -0.39 is 0 Å². The molecular formula is C33H38N2O3. The molecule has 4 rings (SSSR count). The van der Waals surface area contributed by atoms with Crippen molar-refractivity contribution in [1.82, 2.24) is 9.78 Å². The topological polar surface area (TPSA) is 53.3 Å². The maximum atomic E-state index is 12.4. The number of ether oxygens (including phenoxy) is 2. The van der Waals surface area contributed by atoms with Crippen LogP contribution in [-0.4, -0.2) is 30.0 Å². The van der Waals surface area contributed by atoms with Crippen LogP contribution in [0.4, 0.5) is 0 Å². The molecule has 0 bridgehead atoms. The molecule has 0 radical (unpaired) electrons. The van der Waals surface area contributed by atoms with E-state index in [2.05, 4.69) is 79.2 Å². The first-order chi connectivity index (χ1) is 18.5. The first kappa shape index (κ1) is 27.2. The normalized spacial score (nSPS) is 11.8. The smallest absolute Gasteiger partial charge is 0.308 e. The first-order valence-corrected chi connectivity index (χ1v) is 13.4. The number of esters is 1. The van der Waals surface area contributed by atoms with Gasteiger partial charge < -0.3 is 9.47 Å². The number of nitrogens with zero attached hydrogens (tertiary/aromatic N) is 2. The highest BCUT2D eigenvalue weighted by molar-refractivity contribution is 5.72. The van der Waals surface area contributed by atoms with Gasteiger partial charge in [0.1, 0.15) is 5.75 Å². The summed E-state index contributed by atoms with van der Waals surface area (Å²) < 4.78 is 12.4. The molecule has 1 aromatic heterocycles. The van der Waals surface area contributed by atoms with E-state index in [1.54, 1.807) is 7.11 Å². The van der Waals surface area contributed by atoms with Gasteiger partial charge in [0.2, 0.25) is 0 Å². The Bertz CT molecular complexity index is 1310. The van der Waals surface area contributed by atoms with Crippen LogP contribution in [0.5, 0.6) is 5.75 Å². The molecule has 0 aliphatic carbocycles. The molecule has 1 atom stereocenters. The van der Waals surface area contributed by atoms with Crippen molar-refractivity contribution in [2.75, 3.05) is 14.2 Å².